The van der Waals surface area contributed by atoms with E-state index in [-0.39, 0.29) is 17.1 Å². The van der Waals surface area contributed by atoms with E-state index in [0.717, 1.165) is 43.0 Å². The summed E-state index contributed by atoms with van der Waals surface area (Å²) in [5.74, 6) is 0.186. The number of rotatable bonds is 5. The molecule has 1 atom stereocenters. The zero-order valence-corrected chi connectivity index (χ0v) is 14.2. The highest BCUT2D eigenvalue weighted by Gasteiger charge is 2.35. The molecule has 1 N–H and O–H groups in total. The second-order valence-corrected chi connectivity index (χ2v) is 8.00. The first-order valence-electron chi connectivity index (χ1n) is 7.79. The zero-order valence-electron chi connectivity index (χ0n) is 12.6. The molecule has 1 saturated carbocycles. The number of carbonyl (C=O) groups excluding carboxylic acids is 2. The lowest BCUT2D eigenvalue weighted by atomic mass is 10.2. The van der Waals surface area contributed by atoms with Crippen LogP contribution in [-0.4, -0.2) is 39.8 Å². The molecule has 6 nitrogen and oxygen atoms in total. The van der Waals surface area contributed by atoms with Crippen molar-refractivity contribution in [3.05, 3.63) is 0 Å². The second kappa shape index (κ2) is 6.95. The Labute approximate surface area is 138 Å². The van der Waals surface area contributed by atoms with E-state index in [1.807, 2.05) is 6.92 Å². The number of thioether (sulfide) groups is 1. The molecule has 2 aliphatic rings. The van der Waals surface area contributed by atoms with Gasteiger partial charge < -0.3 is 5.32 Å². The monoisotopic (exact) mass is 340 g/mol. The van der Waals surface area contributed by atoms with E-state index >= 15 is 0 Å². The van der Waals surface area contributed by atoms with Crippen LogP contribution in [-0.2, 0) is 9.59 Å². The first kappa shape index (κ1) is 15.7. The first-order valence-corrected chi connectivity index (χ1v) is 9.48. The number of anilines is 1. The van der Waals surface area contributed by atoms with E-state index in [9.17, 15) is 9.59 Å². The minimum atomic E-state index is -0.0976. The fourth-order valence-electron chi connectivity index (χ4n) is 2.46. The van der Waals surface area contributed by atoms with E-state index in [1.54, 1.807) is 4.90 Å². The molecule has 22 heavy (non-hydrogen) atoms. The molecule has 2 fully saturated rings. The Hall–Kier alpha value is -1.15. The van der Waals surface area contributed by atoms with E-state index in [2.05, 4.69) is 15.5 Å². The molecule has 0 spiro atoms. The van der Waals surface area contributed by atoms with Crippen LogP contribution in [0.4, 0.5) is 5.13 Å². The van der Waals surface area contributed by atoms with Gasteiger partial charge in [-0.15, -0.1) is 10.2 Å². The van der Waals surface area contributed by atoms with E-state index in [4.69, 9.17) is 0 Å². The van der Waals surface area contributed by atoms with Gasteiger partial charge in [-0.25, -0.2) is 0 Å². The summed E-state index contributed by atoms with van der Waals surface area (Å²) in [7, 11) is 0. The van der Waals surface area contributed by atoms with E-state index in [0.29, 0.717) is 17.6 Å². The van der Waals surface area contributed by atoms with Crippen LogP contribution in [0.1, 0.15) is 45.4 Å². The third kappa shape index (κ3) is 3.60. The molecule has 1 aliphatic carbocycles. The smallest absolute Gasteiger partial charge is 0.233 e. The number of hydrogen-bond acceptors (Lipinski definition) is 6. The van der Waals surface area contributed by atoms with E-state index in [1.165, 1.54) is 23.1 Å². The SMILES string of the molecule is CCC(=O)N(c1nnc(SC2CCCCNC2=O)s1)C1CC1. The quantitative estimate of drug-likeness (QED) is 0.832. The van der Waals surface area contributed by atoms with Crippen molar-refractivity contribution in [3.8, 4) is 0 Å². The van der Waals surface area contributed by atoms with Gasteiger partial charge in [-0.1, -0.05) is 36.4 Å². The van der Waals surface area contributed by atoms with Crippen LogP contribution in [0, 0.1) is 0 Å². The summed E-state index contributed by atoms with van der Waals surface area (Å²) in [5, 5.41) is 11.9. The largest absolute Gasteiger partial charge is 0.355 e. The average molecular weight is 340 g/mol. The summed E-state index contributed by atoms with van der Waals surface area (Å²) < 4.78 is 0.770. The van der Waals surface area contributed by atoms with Crippen molar-refractivity contribution in [2.24, 2.45) is 0 Å². The average Bonchev–Trinajstić information content (AvgIpc) is 3.27. The predicted molar refractivity (Wildman–Crippen MR) is 87.2 cm³/mol. The number of amides is 2. The summed E-state index contributed by atoms with van der Waals surface area (Å²) in [6.45, 7) is 2.63. The molecule has 1 aliphatic heterocycles. The minimum absolute atomic E-state index is 0.0860. The van der Waals surface area contributed by atoms with Gasteiger partial charge in [0.25, 0.3) is 0 Å². The van der Waals surface area contributed by atoms with Crippen molar-refractivity contribution in [2.45, 2.75) is 61.1 Å². The first-order chi connectivity index (χ1) is 10.7. The molecule has 120 valence electrons. The lowest BCUT2D eigenvalue weighted by Crippen LogP contribution is -2.32. The lowest BCUT2D eigenvalue weighted by molar-refractivity contribution is -0.120. The number of aromatic nitrogens is 2. The summed E-state index contributed by atoms with van der Waals surface area (Å²) in [4.78, 5) is 25.9. The van der Waals surface area contributed by atoms with Crippen molar-refractivity contribution in [1.29, 1.82) is 0 Å². The highest BCUT2D eigenvalue weighted by atomic mass is 32.2. The van der Waals surface area contributed by atoms with Gasteiger partial charge in [-0.3, -0.25) is 14.5 Å². The Kier molecular flexibility index (Phi) is 4.97. The molecule has 8 heteroatoms. The molecule has 1 aromatic rings. The van der Waals surface area contributed by atoms with Gasteiger partial charge in [0.2, 0.25) is 16.9 Å². The Morgan fingerprint density at radius 3 is 2.91 bits per heavy atom. The highest BCUT2D eigenvalue weighted by molar-refractivity contribution is 8.02. The second-order valence-electron chi connectivity index (χ2n) is 5.59. The van der Waals surface area contributed by atoms with Gasteiger partial charge in [-0.2, -0.15) is 0 Å². The van der Waals surface area contributed by atoms with Gasteiger partial charge in [-0.05, 0) is 25.7 Å². The zero-order chi connectivity index (χ0) is 15.5. The molecule has 3 rings (SSSR count). The molecule has 2 amide bonds. The topological polar surface area (TPSA) is 75.2 Å². The Bertz CT molecular complexity index is 559. The Morgan fingerprint density at radius 2 is 2.18 bits per heavy atom. The highest BCUT2D eigenvalue weighted by Crippen LogP contribution is 2.38. The summed E-state index contributed by atoms with van der Waals surface area (Å²) in [6.07, 6.45) is 5.50. The molecule has 1 aromatic heterocycles. The number of nitrogens with zero attached hydrogens (tertiary/aromatic N) is 3. The van der Waals surface area contributed by atoms with Crippen LogP contribution in [0.2, 0.25) is 0 Å². The molecule has 0 aromatic carbocycles. The van der Waals surface area contributed by atoms with Crippen LogP contribution < -0.4 is 10.2 Å². The Morgan fingerprint density at radius 1 is 1.36 bits per heavy atom. The number of hydrogen-bond donors (Lipinski definition) is 1. The maximum atomic E-state index is 12.1. The fraction of sp³-hybridized carbons (Fsp3) is 0.714. The summed E-state index contributed by atoms with van der Waals surface area (Å²) in [5.41, 5.74) is 0. The van der Waals surface area contributed by atoms with Crippen molar-refractivity contribution in [1.82, 2.24) is 15.5 Å². The van der Waals surface area contributed by atoms with Crippen molar-refractivity contribution in [2.75, 3.05) is 11.4 Å². The molecule has 1 unspecified atom stereocenters. The van der Waals surface area contributed by atoms with Crippen molar-refractivity contribution < 1.29 is 9.59 Å². The molecular weight excluding hydrogens is 320 g/mol. The third-order valence-corrected chi connectivity index (χ3v) is 6.09. The third-order valence-electron chi connectivity index (χ3n) is 3.81. The Balaban J connectivity index is 1.69. The molecule has 0 bridgehead atoms. The summed E-state index contributed by atoms with van der Waals surface area (Å²) in [6, 6.07) is 0.291. The molecule has 2 heterocycles. The molecule has 0 radical (unpaired) electrons. The van der Waals surface area contributed by atoms with Crippen LogP contribution in [0.15, 0.2) is 4.34 Å². The van der Waals surface area contributed by atoms with Crippen LogP contribution in [0.25, 0.3) is 0 Å². The molecule has 1 saturated heterocycles. The van der Waals surface area contributed by atoms with Crippen molar-refractivity contribution in [3.63, 3.8) is 0 Å². The van der Waals surface area contributed by atoms with Gasteiger partial charge in [0.1, 0.15) is 0 Å². The van der Waals surface area contributed by atoms with E-state index < -0.39 is 0 Å². The van der Waals surface area contributed by atoms with Crippen LogP contribution >= 0.6 is 23.1 Å². The predicted octanol–water partition coefficient (Wildman–Crippen LogP) is 2.20. The molecular formula is C14H20N4O2S2. The maximum absolute atomic E-state index is 12.1. The summed E-state index contributed by atoms with van der Waals surface area (Å²) >= 11 is 2.89. The van der Waals surface area contributed by atoms with Gasteiger partial charge in [0.15, 0.2) is 4.34 Å². The van der Waals surface area contributed by atoms with Gasteiger partial charge in [0, 0.05) is 19.0 Å². The van der Waals surface area contributed by atoms with Crippen molar-refractivity contribution >= 4 is 40.0 Å². The number of carbonyl (C=O) groups is 2. The normalized spacial score (nSPS) is 22.0. The number of nitrogens with one attached hydrogen (secondary N) is 1. The van der Waals surface area contributed by atoms with Gasteiger partial charge >= 0.3 is 0 Å². The van der Waals surface area contributed by atoms with Gasteiger partial charge in [0.05, 0.1) is 5.25 Å². The fourth-order valence-corrected chi connectivity index (χ4v) is 4.70. The minimum Gasteiger partial charge on any atom is -0.355 e. The maximum Gasteiger partial charge on any atom is 0.233 e. The standard InChI is InChI=1S/C14H20N4O2S2/c1-2-11(19)18(9-6-7-9)13-16-17-14(22-13)21-10-5-3-4-8-15-12(10)20/h9-10H,2-8H2,1H3,(H,15,20). The van der Waals surface area contributed by atoms with Crippen LogP contribution in [0.5, 0.6) is 0 Å². The van der Waals surface area contributed by atoms with Crippen LogP contribution in [0.3, 0.4) is 0 Å². The lowest BCUT2D eigenvalue weighted by Gasteiger charge is -2.17.